The van der Waals surface area contributed by atoms with E-state index in [1.54, 1.807) is 23.3 Å². The Morgan fingerprint density at radius 2 is 2.19 bits per heavy atom. The first-order chi connectivity index (χ1) is 10.1. The van der Waals surface area contributed by atoms with Gasteiger partial charge in [-0.2, -0.15) is 10.2 Å². The number of nitrogens with one attached hydrogen (secondary N) is 1. The number of halogens is 2. The molecule has 2 aromatic rings. The summed E-state index contributed by atoms with van der Waals surface area (Å²) in [5.74, 6) is 0.0273. The zero-order valence-corrected chi connectivity index (χ0v) is 14.1. The lowest BCUT2D eigenvalue weighted by molar-refractivity contribution is -0.121. The van der Waals surface area contributed by atoms with Crippen LogP contribution in [0.2, 0.25) is 5.02 Å². The van der Waals surface area contributed by atoms with E-state index >= 15 is 0 Å². The fourth-order valence-corrected chi connectivity index (χ4v) is 2.33. The Morgan fingerprint density at radius 3 is 2.81 bits per heavy atom. The first kappa shape index (κ1) is 16.0. The third-order valence-corrected chi connectivity index (χ3v) is 4.06. The maximum absolute atomic E-state index is 11.7. The summed E-state index contributed by atoms with van der Waals surface area (Å²) < 4.78 is 4.54. The number of hydrogen-bond donors (Lipinski definition) is 1. The Labute approximate surface area is 136 Å². The number of hydrogen-bond acceptors (Lipinski definition) is 3. The van der Waals surface area contributed by atoms with Crippen molar-refractivity contribution in [1.29, 1.82) is 0 Å². The number of nitrogens with zero attached hydrogens (tertiary/aromatic N) is 4. The largest absolute Gasteiger partial charge is 0.356 e. The van der Waals surface area contributed by atoms with Crippen LogP contribution in [0, 0.1) is 6.92 Å². The Balaban J connectivity index is 1.62. The van der Waals surface area contributed by atoms with E-state index in [2.05, 4.69) is 31.4 Å². The van der Waals surface area contributed by atoms with Crippen molar-refractivity contribution in [3.8, 4) is 0 Å². The molecule has 0 unspecified atom stereocenters. The number of aryl methyl sites for hydroxylation is 2. The summed E-state index contributed by atoms with van der Waals surface area (Å²) >= 11 is 9.17. The molecule has 0 atom stereocenters. The quantitative estimate of drug-likeness (QED) is 0.757. The van der Waals surface area contributed by atoms with Crippen LogP contribution in [0.3, 0.4) is 0 Å². The molecule has 2 aromatic heterocycles. The molecule has 0 bridgehead atoms. The average molecular weight is 375 g/mol. The molecule has 1 N–H and O–H groups in total. The van der Waals surface area contributed by atoms with Crippen LogP contribution in [0.4, 0.5) is 0 Å². The minimum Gasteiger partial charge on any atom is -0.356 e. The van der Waals surface area contributed by atoms with Gasteiger partial charge in [-0.05, 0) is 29.3 Å². The summed E-state index contributed by atoms with van der Waals surface area (Å²) in [6.45, 7) is 3.90. The molecule has 0 radical (unpaired) electrons. The minimum absolute atomic E-state index is 0.0273. The normalized spacial score (nSPS) is 10.8. The van der Waals surface area contributed by atoms with Crippen molar-refractivity contribution >= 4 is 33.4 Å². The maximum Gasteiger partial charge on any atom is 0.221 e. The van der Waals surface area contributed by atoms with Crippen LogP contribution >= 0.6 is 27.5 Å². The van der Waals surface area contributed by atoms with Gasteiger partial charge in [-0.15, -0.1) is 0 Å². The summed E-state index contributed by atoms with van der Waals surface area (Å²) in [7, 11) is 0. The summed E-state index contributed by atoms with van der Waals surface area (Å²) in [6.07, 6.45) is 6.34. The average Bonchev–Trinajstić information content (AvgIpc) is 3.01. The molecule has 6 nitrogen and oxygen atoms in total. The predicted octanol–water partition coefficient (Wildman–Crippen LogP) is 2.40. The number of amides is 1. The van der Waals surface area contributed by atoms with Crippen LogP contribution in [0.15, 0.2) is 23.1 Å². The zero-order valence-electron chi connectivity index (χ0n) is 11.7. The Bertz CT molecular complexity index is 609. The van der Waals surface area contributed by atoms with Gasteiger partial charge in [0.05, 0.1) is 21.9 Å². The summed E-state index contributed by atoms with van der Waals surface area (Å²) in [4.78, 5) is 11.7. The Kier molecular flexibility index (Phi) is 5.81. The molecule has 1 amide bonds. The highest BCUT2D eigenvalue weighted by molar-refractivity contribution is 9.10. The molecule has 0 saturated carbocycles. The third kappa shape index (κ3) is 4.86. The van der Waals surface area contributed by atoms with E-state index < -0.39 is 0 Å². The van der Waals surface area contributed by atoms with E-state index in [4.69, 9.17) is 11.6 Å². The smallest absolute Gasteiger partial charge is 0.221 e. The van der Waals surface area contributed by atoms with Crippen molar-refractivity contribution in [2.24, 2.45) is 0 Å². The second-order valence-electron chi connectivity index (χ2n) is 4.68. The van der Waals surface area contributed by atoms with Gasteiger partial charge in [0.15, 0.2) is 0 Å². The van der Waals surface area contributed by atoms with Gasteiger partial charge in [0.25, 0.3) is 0 Å². The van der Waals surface area contributed by atoms with Gasteiger partial charge in [-0.1, -0.05) is 11.6 Å². The standard InChI is InChI=1S/C13H17BrClN5O/c1-10-12(14)8-18-20(10)6-3-13(21)16-4-2-5-19-9-11(15)7-17-19/h7-9H,2-6H2,1H3,(H,16,21). The highest BCUT2D eigenvalue weighted by atomic mass is 79.9. The van der Waals surface area contributed by atoms with Crippen molar-refractivity contribution in [2.75, 3.05) is 6.54 Å². The van der Waals surface area contributed by atoms with Crippen LogP contribution in [0.25, 0.3) is 0 Å². The lowest BCUT2D eigenvalue weighted by atomic mass is 10.3. The molecule has 0 spiro atoms. The lowest BCUT2D eigenvalue weighted by Gasteiger charge is -2.07. The predicted molar refractivity (Wildman–Crippen MR) is 84.1 cm³/mol. The molecular weight excluding hydrogens is 358 g/mol. The van der Waals surface area contributed by atoms with Crippen molar-refractivity contribution in [3.05, 3.63) is 33.8 Å². The SMILES string of the molecule is Cc1c(Br)cnn1CCC(=O)NCCCn1cc(Cl)cn1. The van der Waals surface area contributed by atoms with Gasteiger partial charge < -0.3 is 5.32 Å². The molecule has 0 aliphatic rings. The fraction of sp³-hybridized carbons (Fsp3) is 0.462. The highest BCUT2D eigenvalue weighted by Crippen LogP contribution is 2.14. The number of rotatable bonds is 7. The zero-order chi connectivity index (χ0) is 15.2. The second-order valence-corrected chi connectivity index (χ2v) is 5.97. The van der Waals surface area contributed by atoms with Crippen molar-refractivity contribution in [1.82, 2.24) is 24.9 Å². The Hall–Kier alpha value is -1.34. The molecule has 2 rings (SSSR count). The van der Waals surface area contributed by atoms with E-state index in [1.807, 2.05) is 11.6 Å². The van der Waals surface area contributed by atoms with Gasteiger partial charge in [0, 0.05) is 37.9 Å². The summed E-state index contributed by atoms with van der Waals surface area (Å²) in [5, 5.41) is 11.8. The molecule has 2 heterocycles. The molecular formula is C13H17BrClN5O. The van der Waals surface area contributed by atoms with E-state index in [9.17, 15) is 4.79 Å². The molecule has 21 heavy (non-hydrogen) atoms. The molecule has 0 saturated heterocycles. The van der Waals surface area contributed by atoms with Gasteiger partial charge in [0.1, 0.15) is 0 Å². The molecule has 114 valence electrons. The van der Waals surface area contributed by atoms with Crippen LogP contribution in [-0.4, -0.2) is 32.0 Å². The first-order valence-electron chi connectivity index (χ1n) is 6.69. The number of carbonyl (C=O) groups is 1. The van der Waals surface area contributed by atoms with Crippen molar-refractivity contribution in [3.63, 3.8) is 0 Å². The Morgan fingerprint density at radius 1 is 1.38 bits per heavy atom. The van der Waals surface area contributed by atoms with Gasteiger partial charge in [-0.3, -0.25) is 14.2 Å². The van der Waals surface area contributed by atoms with E-state index in [0.717, 1.165) is 23.1 Å². The summed E-state index contributed by atoms with van der Waals surface area (Å²) in [5.41, 5.74) is 1.03. The van der Waals surface area contributed by atoms with Crippen molar-refractivity contribution < 1.29 is 4.79 Å². The van der Waals surface area contributed by atoms with Gasteiger partial charge >= 0.3 is 0 Å². The monoisotopic (exact) mass is 373 g/mol. The summed E-state index contributed by atoms with van der Waals surface area (Å²) in [6, 6.07) is 0. The molecule has 0 fully saturated rings. The first-order valence-corrected chi connectivity index (χ1v) is 7.86. The van der Waals surface area contributed by atoms with E-state index in [1.165, 1.54) is 0 Å². The van der Waals surface area contributed by atoms with Crippen LogP contribution in [0.1, 0.15) is 18.5 Å². The highest BCUT2D eigenvalue weighted by Gasteiger charge is 2.06. The second kappa shape index (κ2) is 7.61. The maximum atomic E-state index is 11.7. The third-order valence-electron chi connectivity index (χ3n) is 3.08. The van der Waals surface area contributed by atoms with Crippen LogP contribution < -0.4 is 5.32 Å². The fourth-order valence-electron chi connectivity index (χ4n) is 1.87. The minimum atomic E-state index is 0.0273. The van der Waals surface area contributed by atoms with Crippen LogP contribution in [0.5, 0.6) is 0 Å². The van der Waals surface area contributed by atoms with Crippen molar-refractivity contribution in [2.45, 2.75) is 32.9 Å². The van der Waals surface area contributed by atoms with Gasteiger partial charge in [0.2, 0.25) is 5.91 Å². The topological polar surface area (TPSA) is 64.7 Å². The van der Waals surface area contributed by atoms with E-state index in [-0.39, 0.29) is 5.91 Å². The lowest BCUT2D eigenvalue weighted by Crippen LogP contribution is -2.26. The van der Waals surface area contributed by atoms with Gasteiger partial charge in [-0.25, -0.2) is 0 Å². The van der Waals surface area contributed by atoms with Crippen LogP contribution in [-0.2, 0) is 17.9 Å². The number of aromatic nitrogens is 4. The molecule has 0 aliphatic carbocycles. The van der Waals surface area contributed by atoms with E-state index in [0.29, 0.717) is 24.5 Å². The number of carbonyl (C=O) groups excluding carboxylic acids is 1. The molecule has 0 aromatic carbocycles. The molecule has 0 aliphatic heterocycles. The molecule has 8 heteroatoms.